The number of nitrogens with one attached hydrogen (secondary N) is 2. The number of halogens is 3. The van der Waals surface area contributed by atoms with E-state index in [9.17, 15) is 13.6 Å². The van der Waals surface area contributed by atoms with E-state index in [4.69, 9.17) is 11.6 Å². The highest BCUT2D eigenvalue weighted by Crippen LogP contribution is 2.25. The lowest BCUT2D eigenvalue weighted by Gasteiger charge is -2.15. The standard InChI is InChI=1S/C17H17ClF2N2O2/c1-11(12-6-8-13(18)9-7-12)21-10-16(23)22-14-4-2-3-5-15(14)24-17(19)20/h2-9,11,17,21H,10H2,1H3,(H,22,23)/t11-/m1/s1. The van der Waals surface area contributed by atoms with Crippen LogP contribution in [0.1, 0.15) is 18.5 Å². The summed E-state index contributed by atoms with van der Waals surface area (Å²) in [6, 6.07) is 13.2. The molecule has 0 aromatic heterocycles. The molecule has 128 valence electrons. The third-order valence-corrected chi connectivity index (χ3v) is 3.57. The summed E-state index contributed by atoms with van der Waals surface area (Å²) in [4.78, 5) is 12.0. The summed E-state index contributed by atoms with van der Waals surface area (Å²) in [7, 11) is 0. The van der Waals surface area contributed by atoms with Gasteiger partial charge in [-0.15, -0.1) is 0 Å². The van der Waals surface area contributed by atoms with Gasteiger partial charge >= 0.3 is 6.61 Å². The predicted octanol–water partition coefficient (Wildman–Crippen LogP) is 4.23. The fourth-order valence-electron chi connectivity index (χ4n) is 2.08. The molecule has 0 unspecified atom stereocenters. The average molecular weight is 355 g/mol. The molecule has 0 aliphatic rings. The highest BCUT2D eigenvalue weighted by molar-refractivity contribution is 6.30. The van der Waals surface area contributed by atoms with Crippen molar-refractivity contribution in [2.45, 2.75) is 19.6 Å². The molecule has 0 aliphatic carbocycles. The van der Waals surface area contributed by atoms with Crippen LogP contribution in [-0.4, -0.2) is 19.1 Å². The second-order valence-corrected chi connectivity index (χ2v) is 5.51. The van der Waals surface area contributed by atoms with Gasteiger partial charge < -0.3 is 15.4 Å². The van der Waals surface area contributed by atoms with E-state index in [0.29, 0.717) is 5.02 Å². The summed E-state index contributed by atoms with van der Waals surface area (Å²) in [6.45, 7) is -1.02. The van der Waals surface area contributed by atoms with Crippen molar-refractivity contribution < 1.29 is 18.3 Å². The van der Waals surface area contributed by atoms with Crippen LogP contribution in [0.5, 0.6) is 5.75 Å². The SMILES string of the molecule is C[C@@H](NCC(=O)Nc1ccccc1OC(F)F)c1ccc(Cl)cc1. The van der Waals surface area contributed by atoms with Crippen LogP contribution in [0.2, 0.25) is 5.02 Å². The molecule has 2 rings (SSSR count). The summed E-state index contributed by atoms with van der Waals surface area (Å²) in [5.41, 5.74) is 1.18. The quantitative estimate of drug-likeness (QED) is 0.782. The Kier molecular flexibility index (Phi) is 6.52. The van der Waals surface area contributed by atoms with Gasteiger partial charge in [-0.05, 0) is 36.8 Å². The molecule has 7 heteroatoms. The maximum absolute atomic E-state index is 12.4. The van der Waals surface area contributed by atoms with Crippen molar-refractivity contribution in [2.75, 3.05) is 11.9 Å². The monoisotopic (exact) mass is 354 g/mol. The zero-order chi connectivity index (χ0) is 17.5. The second-order valence-electron chi connectivity index (χ2n) is 5.08. The minimum absolute atomic E-state index is 0.0206. The van der Waals surface area contributed by atoms with Crippen LogP contribution in [0, 0.1) is 0 Å². The minimum Gasteiger partial charge on any atom is -0.433 e. The maximum Gasteiger partial charge on any atom is 0.387 e. The number of carbonyl (C=O) groups excluding carboxylic acids is 1. The topological polar surface area (TPSA) is 50.4 Å². The summed E-state index contributed by atoms with van der Waals surface area (Å²) in [6.07, 6.45) is 0. The summed E-state index contributed by atoms with van der Waals surface area (Å²) < 4.78 is 29.1. The number of anilines is 1. The number of amides is 1. The van der Waals surface area contributed by atoms with Crippen molar-refractivity contribution in [1.29, 1.82) is 0 Å². The van der Waals surface area contributed by atoms with Gasteiger partial charge in [0, 0.05) is 11.1 Å². The van der Waals surface area contributed by atoms with Crippen molar-refractivity contribution in [2.24, 2.45) is 0 Å². The van der Waals surface area contributed by atoms with E-state index in [-0.39, 0.29) is 29.9 Å². The van der Waals surface area contributed by atoms with Gasteiger partial charge in [0.05, 0.1) is 12.2 Å². The van der Waals surface area contributed by atoms with Crippen LogP contribution in [-0.2, 0) is 4.79 Å². The Morgan fingerprint density at radius 1 is 1.17 bits per heavy atom. The molecule has 0 radical (unpaired) electrons. The van der Waals surface area contributed by atoms with Crippen molar-refractivity contribution in [3.63, 3.8) is 0 Å². The van der Waals surface area contributed by atoms with Crippen LogP contribution in [0.15, 0.2) is 48.5 Å². The molecule has 1 atom stereocenters. The largest absolute Gasteiger partial charge is 0.433 e. The smallest absolute Gasteiger partial charge is 0.387 e. The molecular formula is C17H17ClF2N2O2. The number of para-hydroxylation sites is 2. The molecule has 24 heavy (non-hydrogen) atoms. The van der Waals surface area contributed by atoms with Gasteiger partial charge in [0.15, 0.2) is 0 Å². The first-order valence-corrected chi connectivity index (χ1v) is 7.66. The predicted molar refractivity (Wildman–Crippen MR) is 89.6 cm³/mol. The molecule has 4 nitrogen and oxygen atoms in total. The number of hydrogen-bond donors (Lipinski definition) is 2. The number of benzene rings is 2. The molecular weight excluding hydrogens is 338 g/mol. The van der Waals surface area contributed by atoms with Crippen molar-refractivity contribution in [3.05, 3.63) is 59.1 Å². The maximum atomic E-state index is 12.4. The Hall–Kier alpha value is -2.18. The molecule has 0 spiro atoms. The Morgan fingerprint density at radius 2 is 1.83 bits per heavy atom. The number of ether oxygens (including phenoxy) is 1. The lowest BCUT2D eigenvalue weighted by Crippen LogP contribution is -2.30. The lowest BCUT2D eigenvalue weighted by molar-refractivity contribution is -0.115. The summed E-state index contributed by atoms with van der Waals surface area (Å²) in [5, 5.41) is 6.24. The van der Waals surface area contributed by atoms with Gasteiger partial charge in [0.2, 0.25) is 5.91 Å². The van der Waals surface area contributed by atoms with E-state index in [1.165, 1.54) is 12.1 Å². The van der Waals surface area contributed by atoms with Gasteiger partial charge in [-0.1, -0.05) is 35.9 Å². The average Bonchev–Trinajstić information content (AvgIpc) is 2.54. The fraction of sp³-hybridized carbons (Fsp3) is 0.235. The Morgan fingerprint density at radius 3 is 2.50 bits per heavy atom. The van der Waals surface area contributed by atoms with Crippen molar-refractivity contribution in [3.8, 4) is 5.75 Å². The molecule has 2 aromatic rings. The first-order chi connectivity index (χ1) is 11.5. The molecule has 0 heterocycles. The van der Waals surface area contributed by atoms with Crippen LogP contribution in [0.3, 0.4) is 0 Å². The zero-order valence-corrected chi connectivity index (χ0v) is 13.7. The summed E-state index contributed by atoms with van der Waals surface area (Å²) >= 11 is 5.84. The molecule has 0 saturated carbocycles. The number of rotatable bonds is 7. The highest BCUT2D eigenvalue weighted by Gasteiger charge is 2.12. The number of alkyl halides is 2. The van der Waals surface area contributed by atoms with E-state index in [1.54, 1.807) is 24.3 Å². The first-order valence-electron chi connectivity index (χ1n) is 7.28. The van der Waals surface area contributed by atoms with Crippen molar-refractivity contribution >= 4 is 23.2 Å². The van der Waals surface area contributed by atoms with Gasteiger partial charge in [-0.25, -0.2) is 0 Å². The van der Waals surface area contributed by atoms with Crippen LogP contribution < -0.4 is 15.4 Å². The Labute approximate surface area is 143 Å². The normalized spacial score (nSPS) is 12.0. The molecule has 0 aliphatic heterocycles. The third kappa shape index (κ3) is 5.47. The zero-order valence-electron chi connectivity index (χ0n) is 12.9. The van der Waals surface area contributed by atoms with Gasteiger partial charge in [0.1, 0.15) is 5.75 Å². The molecule has 0 saturated heterocycles. The van der Waals surface area contributed by atoms with Crippen molar-refractivity contribution in [1.82, 2.24) is 5.32 Å². The van der Waals surface area contributed by atoms with Crippen LogP contribution >= 0.6 is 11.6 Å². The Bertz CT molecular complexity index is 681. The van der Waals surface area contributed by atoms with E-state index in [1.807, 2.05) is 19.1 Å². The minimum atomic E-state index is -2.95. The van der Waals surface area contributed by atoms with Gasteiger partial charge in [-0.3, -0.25) is 4.79 Å². The number of hydrogen-bond acceptors (Lipinski definition) is 3. The van der Waals surface area contributed by atoms with Gasteiger partial charge in [0.25, 0.3) is 0 Å². The fourth-order valence-corrected chi connectivity index (χ4v) is 2.20. The van der Waals surface area contributed by atoms with Crippen LogP contribution in [0.4, 0.5) is 14.5 Å². The van der Waals surface area contributed by atoms with Crippen LogP contribution in [0.25, 0.3) is 0 Å². The number of carbonyl (C=O) groups is 1. The molecule has 0 fully saturated rings. The molecule has 2 N–H and O–H groups in total. The molecule has 1 amide bonds. The van der Waals surface area contributed by atoms with Gasteiger partial charge in [-0.2, -0.15) is 8.78 Å². The third-order valence-electron chi connectivity index (χ3n) is 3.32. The lowest BCUT2D eigenvalue weighted by atomic mass is 10.1. The summed E-state index contributed by atoms with van der Waals surface area (Å²) in [5.74, 6) is -0.437. The second kappa shape index (κ2) is 8.61. The van der Waals surface area contributed by atoms with E-state index < -0.39 is 6.61 Å². The molecule has 2 aromatic carbocycles. The van der Waals surface area contributed by atoms with E-state index >= 15 is 0 Å². The van der Waals surface area contributed by atoms with E-state index in [2.05, 4.69) is 15.4 Å². The first kappa shape index (κ1) is 18.2. The molecule has 0 bridgehead atoms. The Balaban J connectivity index is 1.90. The highest BCUT2D eigenvalue weighted by atomic mass is 35.5. The van der Waals surface area contributed by atoms with E-state index in [0.717, 1.165) is 5.56 Å².